The van der Waals surface area contributed by atoms with Gasteiger partial charge in [-0.05, 0) is 78.5 Å². The molecule has 0 spiro atoms. The SMILES string of the molecule is Cc1cc(CCC[C@H](CC(=O)O)C(=O)N[C@H](C(=O)N[C@H](C)c2ccncc2)C(C)(C)C)ccc1-c1ccccc1. The van der Waals surface area contributed by atoms with Gasteiger partial charge in [-0.2, -0.15) is 0 Å². The largest absolute Gasteiger partial charge is 0.481 e. The zero-order valence-electron chi connectivity index (χ0n) is 24.1. The van der Waals surface area contributed by atoms with Gasteiger partial charge >= 0.3 is 5.97 Å². The molecule has 0 aliphatic rings. The van der Waals surface area contributed by atoms with Crippen molar-refractivity contribution in [3.8, 4) is 11.1 Å². The van der Waals surface area contributed by atoms with Crippen LogP contribution in [0.5, 0.6) is 0 Å². The van der Waals surface area contributed by atoms with Gasteiger partial charge in [-0.3, -0.25) is 19.4 Å². The Balaban J connectivity index is 1.65. The second kappa shape index (κ2) is 13.9. The molecule has 0 aliphatic heterocycles. The number of carboxylic acid groups (broad SMARTS) is 1. The van der Waals surface area contributed by atoms with E-state index in [2.05, 4.69) is 52.9 Å². The summed E-state index contributed by atoms with van der Waals surface area (Å²) in [6.07, 6.45) is 4.83. The number of pyridine rings is 1. The van der Waals surface area contributed by atoms with Crippen LogP contribution in [-0.2, 0) is 20.8 Å². The van der Waals surface area contributed by atoms with Gasteiger partial charge in [-0.15, -0.1) is 0 Å². The minimum absolute atomic E-state index is 0.274. The topological polar surface area (TPSA) is 108 Å². The van der Waals surface area contributed by atoms with E-state index in [1.807, 2.05) is 58.0 Å². The average molecular weight is 544 g/mol. The summed E-state index contributed by atoms with van der Waals surface area (Å²) >= 11 is 0. The van der Waals surface area contributed by atoms with Crippen LogP contribution < -0.4 is 10.6 Å². The first kappa shape index (κ1) is 30.5. The second-order valence-electron chi connectivity index (χ2n) is 11.5. The Hall–Kier alpha value is -4.00. The highest BCUT2D eigenvalue weighted by Crippen LogP contribution is 2.26. The van der Waals surface area contributed by atoms with Crippen molar-refractivity contribution in [3.63, 3.8) is 0 Å². The molecule has 0 aliphatic carbocycles. The number of nitrogens with one attached hydrogen (secondary N) is 2. The van der Waals surface area contributed by atoms with E-state index in [-0.39, 0.29) is 18.4 Å². The highest BCUT2D eigenvalue weighted by molar-refractivity contribution is 5.90. The van der Waals surface area contributed by atoms with Gasteiger partial charge < -0.3 is 15.7 Å². The highest BCUT2D eigenvalue weighted by Gasteiger charge is 2.35. The Kier molecular flexibility index (Phi) is 10.6. The molecule has 7 nitrogen and oxygen atoms in total. The van der Waals surface area contributed by atoms with E-state index >= 15 is 0 Å². The molecule has 0 saturated carbocycles. The molecule has 3 N–H and O–H groups in total. The summed E-state index contributed by atoms with van der Waals surface area (Å²) in [6, 6.07) is 19.1. The molecule has 1 aromatic heterocycles. The maximum absolute atomic E-state index is 13.3. The Bertz CT molecular complexity index is 1290. The van der Waals surface area contributed by atoms with Gasteiger partial charge in [0.05, 0.1) is 12.5 Å². The molecule has 7 heteroatoms. The van der Waals surface area contributed by atoms with Crippen molar-refractivity contribution in [2.75, 3.05) is 0 Å². The second-order valence-corrected chi connectivity index (χ2v) is 11.5. The summed E-state index contributed by atoms with van der Waals surface area (Å²) in [6.45, 7) is 9.59. The zero-order chi connectivity index (χ0) is 29.3. The van der Waals surface area contributed by atoms with Crippen molar-refractivity contribution in [1.29, 1.82) is 0 Å². The lowest BCUT2D eigenvalue weighted by molar-refractivity contribution is -0.142. The predicted molar refractivity (Wildman–Crippen MR) is 157 cm³/mol. The minimum atomic E-state index is -1.04. The lowest BCUT2D eigenvalue weighted by Crippen LogP contribution is -2.55. The number of nitrogens with zero attached hydrogens (tertiary/aromatic N) is 1. The lowest BCUT2D eigenvalue weighted by atomic mass is 9.85. The number of amides is 2. The van der Waals surface area contributed by atoms with Gasteiger partial charge in [0.1, 0.15) is 6.04 Å². The van der Waals surface area contributed by atoms with Crippen LogP contribution in [0, 0.1) is 18.3 Å². The number of rotatable bonds is 12. The third-order valence-electron chi connectivity index (χ3n) is 7.17. The summed E-state index contributed by atoms with van der Waals surface area (Å²) in [4.78, 5) is 42.2. The molecular weight excluding hydrogens is 502 g/mol. The smallest absolute Gasteiger partial charge is 0.304 e. The van der Waals surface area contributed by atoms with E-state index in [0.29, 0.717) is 12.8 Å². The fourth-order valence-corrected chi connectivity index (χ4v) is 4.88. The number of benzene rings is 2. The standard InChI is InChI=1S/C33H41N3O4/c1-22-20-24(14-15-28(22)26-11-7-6-8-12-26)10-9-13-27(21-29(37)38)31(39)36-30(33(3,4)5)32(40)35-23(2)25-16-18-34-19-17-25/h6-8,11-12,14-20,23,27,30H,9-10,13,21H2,1-5H3,(H,35,40)(H,36,39)(H,37,38)/t23-,27-,30-/m1/s1. The van der Waals surface area contributed by atoms with Gasteiger partial charge in [-0.1, -0.05) is 69.3 Å². The molecule has 3 rings (SSSR count). The predicted octanol–water partition coefficient (Wildman–Crippen LogP) is 5.88. The van der Waals surface area contributed by atoms with E-state index in [4.69, 9.17) is 0 Å². The van der Waals surface area contributed by atoms with Crippen molar-refractivity contribution in [1.82, 2.24) is 15.6 Å². The monoisotopic (exact) mass is 543 g/mol. The van der Waals surface area contributed by atoms with Gasteiger partial charge in [-0.25, -0.2) is 0 Å². The number of aliphatic carboxylic acids is 1. The molecule has 2 amide bonds. The van der Waals surface area contributed by atoms with Gasteiger partial charge in [0.2, 0.25) is 11.8 Å². The summed E-state index contributed by atoms with van der Waals surface area (Å²) in [5.74, 6) is -2.50. The van der Waals surface area contributed by atoms with Crippen molar-refractivity contribution >= 4 is 17.8 Å². The molecule has 0 bridgehead atoms. The van der Waals surface area contributed by atoms with Crippen molar-refractivity contribution in [3.05, 3.63) is 89.7 Å². The van der Waals surface area contributed by atoms with Crippen LogP contribution in [-0.4, -0.2) is 33.9 Å². The average Bonchev–Trinajstić information content (AvgIpc) is 2.91. The quantitative estimate of drug-likeness (QED) is 0.264. The maximum atomic E-state index is 13.3. The molecule has 0 unspecified atom stereocenters. The lowest BCUT2D eigenvalue weighted by Gasteiger charge is -2.32. The Morgan fingerprint density at radius 2 is 1.60 bits per heavy atom. The van der Waals surface area contributed by atoms with Gasteiger partial charge in [0, 0.05) is 18.3 Å². The first-order chi connectivity index (χ1) is 19.0. The maximum Gasteiger partial charge on any atom is 0.304 e. The molecule has 2 aromatic carbocycles. The van der Waals surface area contributed by atoms with E-state index in [9.17, 15) is 19.5 Å². The number of carboxylic acids is 1. The summed E-state index contributed by atoms with van der Waals surface area (Å²) in [7, 11) is 0. The molecular formula is C33H41N3O4. The van der Waals surface area contributed by atoms with Crippen LogP contribution in [0.15, 0.2) is 73.1 Å². The number of hydrogen-bond donors (Lipinski definition) is 3. The molecule has 40 heavy (non-hydrogen) atoms. The van der Waals surface area contributed by atoms with E-state index in [1.165, 1.54) is 11.1 Å². The van der Waals surface area contributed by atoms with E-state index < -0.39 is 29.3 Å². The Morgan fingerprint density at radius 1 is 0.925 bits per heavy atom. The molecule has 3 aromatic rings. The van der Waals surface area contributed by atoms with Crippen LogP contribution in [0.4, 0.5) is 0 Å². The number of aryl methyl sites for hydroxylation is 2. The van der Waals surface area contributed by atoms with Crippen LogP contribution in [0.2, 0.25) is 0 Å². The number of hydrogen-bond acceptors (Lipinski definition) is 4. The first-order valence-electron chi connectivity index (χ1n) is 13.8. The normalized spacial score (nSPS) is 13.6. The molecule has 0 fully saturated rings. The molecule has 0 radical (unpaired) electrons. The molecule has 1 heterocycles. The first-order valence-corrected chi connectivity index (χ1v) is 13.8. The molecule has 3 atom stereocenters. The zero-order valence-corrected chi connectivity index (χ0v) is 24.1. The Labute approximate surface area is 237 Å². The van der Waals surface area contributed by atoms with Gasteiger partial charge in [0.25, 0.3) is 0 Å². The Morgan fingerprint density at radius 3 is 2.20 bits per heavy atom. The van der Waals surface area contributed by atoms with E-state index in [1.54, 1.807) is 12.4 Å². The highest BCUT2D eigenvalue weighted by atomic mass is 16.4. The van der Waals surface area contributed by atoms with Gasteiger partial charge in [0.15, 0.2) is 0 Å². The van der Waals surface area contributed by atoms with Crippen molar-refractivity contribution < 1.29 is 19.5 Å². The van der Waals surface area contributed by atoms with Crippen LogP contribution in [0.25, 0.3) is 11.1 Å². The van der Waals surface area contributed by atoms with Crippen LogP contribution in [0.3, 0.4) is 0 Å². The summed E-state index contributed by atoms with van der Waals surface area (Å²) in [5.41, 5.74) is 4.98. The van der Waals surface area contributed by atoms with Crippen molar-refractivity contribution in [2.24, 2.45) is 11.3 Å². The van der Waals surface area contributed by atoms with Crippen LogP contribution >= 0.6 is 0 Å². The van der Waals surface area contributed by atoms with E-state index in [0.717, 1.165) is 23.1 Å². The summed E-state index contributed by atoms with van der Waals surface area (Å²) in [5, 5.41) is 15.4. The third kappa shape index (κ3) is 8.76. The van der Waals surface area contributed by atoms with Crippen LogP contribution in [0.1, 0.15) is 69.7 Å². The molecule has 0 saturated heterocycles. The third-order valence-corrected chi connectivity index (χ3v) is 7.17. The number of carbonyl (C=O) groups excluding carboxylic acids is 2. The van der Waals surface area contributed by atoms with Crippen molar-refractivity contribution in [2.45, 2.75) is 72.4 Å². The minimum Gasteiger partial charge on any atom is -0.481 e. The fraction of sp³-hybridized carbons (Fsp3) is 0.394. The number of aromatic nitrogens is 1. The fourth-order valence-electron chi connectivity index (χ4n) is 4.88. The molecule has 212 valence electrons. The number of carbonyl (C=O) groups is 3. The summed E-state index contributed by atoms with van der Waals surface area (Å²) < 4.78 is 0.